The Morgan fingerprint density at radius 1 is 0.135 bits per heavy atom. The largest absolute Gasteiger partial charge is 0.309 e. The Bertz CT molecular complexity index is 6430. The molecule has 0 spiro atoms. The lowest BCUT2D eigenvalue weighted by Gasteiger charge is -2.12. The first-order chi connectivity index (χ1) is 47.6. The van der Waals surface area contributed by atoms with Crippen LogP contribution >= 0.6 is 0 Å². The molecule has 0 unspecified atom stereocenters. The number of rotatable bonds is 8. The van der Waals surface area contributed by atoms with Crippen LogP contribution in [0.4, 0.5) is 0 Å². The molecule has 0 aliphatic heterocycles. The molecule has 0 bridgehead atoms. The van der Waals surface area contributed by atoms with Crippen LogP contribution < -0.4 is 0 Å². The van der Waals surface area contributed by atoms with Crippen LogP contribution in [-0.4, -0.2) is 18.3 Å². The fourth-order valence-electron chi connectivity index (χ4n) is 15.4. The summed E-state index contributed by atoms with van der Waals surface area (Å²) < 4.78 is 9.56. The van der Waals surface area contributed by atoms with E-state index in [0.717, 1.165) is 11.4 Å². The zero-order valence-corrected chi connectivity index (χ0v) is 52.4. The predicted octanol–water partition coefficient (Wildman–Crippen LogP) is 24.7. The van der Waals surface area contributed by atoms with E-state index >= 15 is 0 Å². The summed E-state index contributed by atoms with van der Waals surface area (Å²) in [7, 11) is 0. The molecule has 4 nitrogen and oxygen atoms in total. The van der Waals surface area contributed by atoms with Gasteiger partial charge >= 0.3 is 0 Å². The first-order valence-corrected chi connectivity index (χ1v) is 33.1. The average Bonchev–Trinajstić information content (AvgIpc) is 1.59. The second-order valence-corrected chi connectivity index (χ2v) is 25.2. The van der Waals surface area contributed by atoms with E-state index in [1.165, 1.54) is 165 Å². The van der Waals surface area contributed by atoms with Gasteiger partial charge in [0.15, 0.2) is 0 Å². The van der Waals surface area contributed by atoms with Gasteiger partial charge < -0.3 is 18.3 Å². The third-order valence-electron chi connectivity index (χ3n) is 19.8. The van der Waals surface area contributed by atoms with Gasteiger partial charge in [-0.1, -0.05) is 243 Å². The zero-order chi connectivity index (χ0) is 63.2. The third kappa shape index (κ3) is 8.99. The number of nitrogens with zero attached hydrogens (tertiary/aromatic N) is 4. The summed E-state index contributed by atoms with van der Waals surface area (Å²) in [5, 5.41) is 15.2. The number of para-hydroxylation sites is 6. The molecule has 20 aromatic rings. The lowest BCUT2D eigenvalue weighted by molar-refractivity contribution is 1.18. The molecule has 4 heteroatoms. The van der Waals surface area contributed by atoms with Gasteiger partial charge in [0, 0.05) is 65.8 Å². The highest BCUT2D eigenvalue weighted by atomic mass is 15.0. The van der Waals surface area contributed by atoms with Gasteiger partial charge in [0.2, 0.25) is 0 Å². The topological polar surface area (TPSA) is 19.7 Å². The van der Waals surface area contributed by atoms with Crippen molar-refractivity contribution in [1.82, 2.24) is 18.3 Å². The van der Waals surface area contributed by atoms with Crippen molar-refractivity contribution in [3.05, 3.63) is 364 Å². The Hall–Kier alpha value is -12.8. The highest BCUT2D eigenvalue weighted by Gasteiger charge is 2.20. The van der Waals surface area contributed by atoms with E-state index in [1.807, 2.05) is 0 Å². The minimum atomic E-state index is 1.16. The standard InChI is InChI=1S/2C46H30N2/c1-2-15-35(16-3-1)47-43-22-8-6-19-39(43)41-29-32(24-26-45(41)47)33-25-27-46-42(30-33)40-20-7-9-23-44(40)48(46)36-17-10-14-34(28-36)38-21-11-13-31-12-4-5-18-37(31)38;1-2-13-35(14-3-1)47-43-19-8-6-16-39(43)41-29-33(23-27-45(41)47)34-24-28-46-42(30-34)40-17-7-9-20-44(40)48(46)36-25-21-32(22-26-36)38-18-10-12-31-11-4-5-15-37(31)38/h2*1-30H. The Morgan fingerprint density at radius 3 is 0.802 bits per heavy atom. The van der Waals surface area contributed by atoms with Gasteiger partial charge in [0.1, 0.15) is 0 Å². The van der Waals surface area contributed by atoms with Gasteiger partial charge in [-0.3, -0.25) is 0 Å². The molecule has 96 heavy (non-hydrogen) atoms. The summed E-state index contributed by atoms with van der Waals surface area (Å²) in [6, 6.07) is 132. The minimum Gasteiger partial charge on any atom is -0.309 e. The SMILES string of the molecule is c1ccc(-n2c3ccccc3c3cc(-c4ccc5c(c4)c4ccccc4n5-c4ccc(-c5cccc6ccccc56)cc4)ccc32)cc1.c1ccc(-n2c3ccccc3c3cc(-c4ccc5c(c4)c4ccccc4n5-c4cccc(-c5cccc6ccccc56)c4)ccc32)cc1. The first kappa shape index (κ1) is 54.9. The fourth-order valence-corrected chi connectivity index (χ4v) is 15.4. The van der Waals surface area contributed by atoms with Crippen molar-refractivity contribution in [2.24, 2.45) is 0 Å². The number of fused-ring (bicyclic) bond motifs is 14. The van der Waals surface area contributed by atoms with Crippen LogP contribution in [0.1, 0.15) is 0 Å². The maximum Gasteiger partial charge on any atom is 0.0541 e. The maximum atomic E-state index is 2.42. The van der Waals surface area contributed by atoms with Crippen molar-refractivity contribution >= 4 is 109 Å². The zero-order valence-electron chi connectivity index (χ0n) is 52.4. The summed E-state index contributed by atoms with van der Waals surface area (Å²) in [6.07, 6.45) is 0. The summed E-state index contributed by atoms with van der Waals surface area (Å²) >= 11 is 0. The molecule has 448 valence electrons. The second-order valence-electron chi connectivity index (χ2n) is 25.2. The normalized spacial score (nSPS) is 11.8. The fraction of sp³-hybridized carbons (Fsp3) is 0. The van der Waals surface area contributed by atoms with Gasteiger partial charge in [-0.15, -0.1) is 0 Å². The lowest BCUT2D eigenvalue weighted by Crippen LogP contribution is -1.94. The summed E-state index contributed by atoms with van der Waals surface area (Å²) in [5.74, 6) is 0. The van der Waals surface area contributed by atoms with Gasteiger partial charge in [0.25, 0.3) is 0 Å². The molecule has 0 saturated heterocycles. The smallest absolute Gasteiger partial charge is 0.0541 e. The van der Waals surface area contributed by atoms with E-state index in [2.05, 4.69) is 382 Å². The molecule has 0 N–H and O–H groups in total. The van der Waals surface area contributed by atoms with E-state index in [0.29, 0.717) is 0 Å². The van der Waals surface area contributed by atoms with E-state index < -0.39 is 0 Å². The molecule has 20 rings (SSSR count). The number of hydrogen-bond acceptors (Lipinski definition) is 0. The molecular formula is C92H60N4. The van der Waals surface area contributed by atoms with E-state index in [1.54, 1.807) is 0 Å². The number of benzene rings is 16. The molecule has 0 atom stereocenters. The average molecular weight is 1220 g/mol. The Kier molecular flexibility index (Phi) is 12.9. The van der Waals surface area contributed by atoms with Gasteiger partial charge in [-0.25, -0.2) is 0 Å². The van der Waals surface area contributed by atoms with Gasteiger partial charge in [0.05, 0.1) is 44.1 Å². The number of aromatic nitrogens is 4. The molecule has 0 amide bonds. The Balaban J connectivity index is 0.000000135. The molecule has 0 aliphatic rings. The van der Waals surface area contributed by atoms with E-state index in [-0.39, 0.29) is 0 Å². The molecule has 4 heterocycles. The number of hydrogen-bond donors (Lipinski definition) is 0. The molecule has 0 fully saturated rings. The van der Waals surface area contributed by atoms with Crippen molar-refractivity contribution in [2.45, 2.75) is 0 Å². The van der Waals surface area contributed by atoms with E-state index in [4.69, 9.17) is 0 Å². The van der Waals surface area contributed by atoms with E-state index in [9.17, 15) is 0 Å². The van der Waals surface area contributed by atoms with Crippen molar-refractivity contribution in [3.8, 4) is 67.3 Å². The minimum absolute atomic E-state index is 1.16. The van der Waals surface area contributed by atoms with Gasteiger partial charge in [-0.05, 0) is 187 Å². The monoisotopic (exact) mass is 1220 g/mol. The molecule has 0 saturated carbocycles. The molecule has 0 radical (unpaired) electrons. The van der Waals surface area contributed by atoms with Crippen LogP contribution in [0.25, 0.3) is 176 Å². The second kappa shape index (κ2) is 22.5. The maximum absolute atomic E-state index is 2.42. The van der Waals surface area contributed by atoms with Crippen molar-refractivity contribution < 1.29 is 0 Å². The molecule has 4 aromatic heterocycles. The first-order valence-electron chi connectivity index (χ1n) is 33.1. The molecule has 0 aliphatic carbocycles. The predicted molar refractivity (Wildman–Crippen MR) is 407 cm³/mol. The summed E-state index contributed by atoms with van der Waals surface area (Å²) in [4.78, 5) is 0. The van der Waals surface area contributed by atoms with Crippen LogP contribution in [0.5, 0.6) is 0 Å². The Labute approximate surface area is 554 Å². The summed E-state index contributed by atoms with van der Waals surface area (Å²) in [6.45, 7) is 0. The molecule has 16 aromatic carbocycles. The van der Waals surface area contributed by atoms with Crippen molar-refractivity contribution in [1.29, 1.82) is 0 Å². The Morgan fingerprint density at radius 2 is 0.406 bits per heavy atom. The highest BCUT2D eigenvalue weighted by molar-refractivity contribution is 6.15. The van der Waals surface area contributed by atoms with Crippen molar-refractivity contribution in [2.75, 3.05) is 0 Å². The van der Waals surface area contributed by atoms with Crippen LogP contribution in [0.15, 0.2) is 364 Å². The lowest BCUT2D eigenvalue weighted by atomic mass is 9.98. The quantitative estimate of drug-likeness (QED) is 0.144. The van der Waals surface area contributed by atoms with Crippen LogP contribution in [0.2, 0.25) is 0 Å². The highest BCUT2D eigenvalue weighted by Crippen LogP contribution is 2.42. The molecular weight excluding hydrogens is 1160 g/mol. The summed E-state index contributed by atoms with van der Waals surface area (Å²) in [5.41, 5.74) is 24.2. The van der Waals surface area contributed by atoms with Crippen molar-refractivity contribution in [3.63, 3.8) is 0 Å². The van der Waals surface area contributed by atoms with Gasteiger partial charge in [-0.2, -0.15) is 0 Å². The van der Waals surface area contributed by atoms with Crippen LogP contribution in [-0.2, 0) is 0 Å². The third-order valence-corrected chi connectivity index (χ3v) is 19.8. The van der Waals surface area contributed by atoms with Crippen LogP contribution in [0, 0.1) is 0 Å². The van der Waals surface area contributed by atoms with Crippen LogP contribution in [0.3, 0.4) is 0 Å².